The molecule has 4 heteroatoms. The van der Waals surface area contributed by atoms with Crippen LogP contribution >= 0.6 is 43.5 Å². The largest absolute Gasteiger partial charge is 0.384 e. The number of methoxy groups -OCH3 is 1. The predicted molar refractivity (Wildman–Crippen MR) is 91.6 cm³/mol. The second kappa shape index (κ2) is 7.60. The van der Waals surface area contributed by atoms with E-state index < -0.39 is 0 Å². The van der Waals surface area contributed by atoms with Crippen molar-refractivity contribution in [3.05, 3.63) is 68.1 Å². The van der Waals surface area contributed by atoms with Gasteiger partial charge < -0.3 is 4.74 Å². The highest BCUT2D eigenvalue weighted by Gasteiger charge is 2.14. The number of halogens is 3. The van der Waals surface area contributed by atoms with Crippen molar-refractivity contribution >= 4 is 43.5 Å². The van der Waals surface area contributed by atoms with Gasteiger partial charge in [-0.15, -0.1) is 11.6 Å². The quantitative estimate of drug-likeness (QED) is 0.564. The van der Waals surface area contributed by atoms with Crippen LogP contribution < -0.4 is 0 Å². The van der Waals surface area contributed by atoms with Crippen LogP contribution in [0.2, 0.25) is 0 Å². The number of benzene rings is 2. The molecule has 2 aromatic carbocycles. The molecular weight excluding hydrogens is 403 g/mol. The Hall–Kier alpha value is -0.350. The van der Waals surface area contributed by atoms with Crippen LogP contribution in [0.4, 0.5) is 0 Å². The van der Waals surface area contributed by atoms with Crippen molar-refractivity contribution in [2.24, 2.45) is 0 Å². The van der Waals surface area contributed by atoms with E-state index in [1.165, 1.54) is 5.56 Å². The average molecular weight is 419 g/mol. The molecule has 0 fully saturated rings. The molecule has 2 aromatic rings. The molecule has 0 bridgehead atoms. The Kier molecular flexibility index (Phi) is 6.09. The molecule has 1 unspecified atom stereocenters. The van der Waals surface area contributed by atoms with E-state index in [2.05, 4.69) is 56.1 Å². The predicted octanol–water partition coefficient (Wildman–Crippen LogP) is 5.73. The molecule has 1 nitrogen and oxygen atoms in total. The smallest absolute Gasteiger partial charge is 0.0846 e. The van der Waals surface area contributed by atoms with Crippen molar-refractivity contribution in [2.75, 3.05) is 13.7 Å². The van der Waals surface area contributed by atoms with Gasteiger partial charge in [0.2, 0.25) is 0 Å². The molecule has 2 rings (SSSR count). The zero-order valence-corrected chi connectivity index (χ0v) is 15.0. The summed E-state index contributed by atoms with van der Waals surface area (Å²) in [6.07, 6.45) is 0.922. The van der Waals surface area contributed by atoms with Crippen LogP contribution in [0.1, 0.15) is 22.1 Å². The maximum atomic E-state index is 6.58. The van der Waals surface area contributed by atoms with E-state index >= 15 is 0 Å². The number of hydrogen-bond acceptors (Lipinski definition) is 1. The maximum absolute atomic E-state index is 6.58. The minimum atomic E-state index is -0.158. The topological polar surface area (TPSA) is 9.23 Å². The first-order valence-corrected chi connectivity index (χ1v) is 8.31. The van der Waals surface area contributed by atoms with Crippen LogP contribution in [0.5, 0.6) is 0 Å². The molecule has 0 aliphatic carbocycles. The van der Waals surface area contributed by atoms with E-state index in [9.17, 15) is 0 Å². The van der Waals surface area contributed by atoms with E-state index in [0.29, 0.717) is 0 Å². The maximum Gasteiger partial charge on any atom is 0.0846 e. The van der Waals surface area contributed by atoms with Gasteiger partial charge in [0.05, 0.1) is 12.0 Å². The molecule has 0 saturated heterocycles. The Morgan fingerprint density at radius 1 is 1.10 bits per heavy atom. The lowest BCUT2D eigenvalue weighted by molar-refractivity contribution is 0.202. The summed E-state index contributed by atoms with van der Waals surface area (Å²) in [5, 5.41) is -0.158. The summed E-state index contributed by atoms with van der Waals surface area (Å²) in [6.45, 7) is 0.738. The Labute approximate surface area is 141 Å². The van der Waals surface area contributed by atoms with E-state index in [1.807, 2.05) is 18.2 Å². The molecule has 0 heterocycles. The summed E-state index contributed by atoms with van der Waals surface area (Å²) in [5.41, 5.74) is 3.42. The second-order valence-corrected chi connectivity index (χ2v) is 6.72. The highest BCUT2D eigenvalue weighted by atomic mass is 79.9. The van der Waals surface area contributed by atoms with Crippen LogP contribution in [0, 0.1) is 0 Å². The van der Waals surface area contributed by atoms with Crippen molar-refractivity contribution in [2.45, 2.75) is 11.8 Å². The third kappa shape index (κ3) is 4.08. The average Bonchev–Trinajstić information content (AvgIpc) is 2.45. The summed E-state index contributed by atoms with van der Waals surface area (Å²) in [4.78, 5) is 0. The lowest BCUT2D eigenvalue weighted by Gasteiger charge is -2.13. The van der Waals surface area contributed by atoms with Gasteiger partial charge in [-0.1, -0.05) is 62.2 Å². The van der Waals surface area contributed by atoms with Crippen LogP contribution in [0.25, 0.3) is 0 Å². The highest BCUT2D eigenvalue weighted by molar-refractivity contribution is 9.11. The summed E-state index contributed by atoms with van der Waals surface area (Å²) in [6, 6.07) is 14.4. The minimum Gasteiger partial charge on any atom is -0.384 e. The highest BCUT2D eigenvalue weighted by Crippen LogP contribution is 2.35. The molecule has 1 atom stereocenters. The fourth-order valence-corrected chi connectivity index (χ4v) is 3.70. The number of alkyl halides is 1. The zero-order chi connectivity index (χ0) is 14.5. The van der Waals surface area contributed by atoms with Crippen molar-refractivity contribution in [3.63, 3.8) is 0 Å². The SMILES string of the molecule is COCCc1ccc(C(Cl)c2ccc(Br)cc2Br)cc1. The lowest BCUT2D eigenvalue weighted by Crippen LogP contribution is -1.97. The third-order valence-corrected chi connectivity index (χ3v) is 4.77. The second-order valence-electron chi connectivity index (χ2n) is 4.51. The Bertz CT molecular complexity index is 569. The summed E-state index contributed by atoms with van der Waals surface area (Å²) in [5.74, 6) is 0. The fourth-order valence-electron chi connectivity index (χ4n) is 1.96. The van der Waals surface area contributed by atoms with Gasteiger partial charge in [-0.25, -0.2) is 0 Å². The van der Waals surface area contributed by atoms with Gasteiger partial charge in [-0.05, 0) is 35.2 Å². The molecule has 0 radical (unpaired) electrons. The molecular formula is C16H15Br2ClO. The van der Waals surface area contributed by atoms with Gasteiger partial charge in [0.25, 0.3) is 0 Å². The monoisotopic (exact) mass is 416 g/mol. The van der Waals surface area contributed by atoms with Crippen molar-refractivity contribution in [3.8, 4) is 0 Å². The molecule has 0 amide bonds. The summed E-state index contributed by atoms with van der Waals surface area (Å²) >= 11 is 13.6. The van der Waals surface area contributed by atoms with Gasteiger partial charge in [0, 0.05) is 16.1 Å². The Morgan fingerprint density at radius 2 is 1.80 bits per heavy atom. The Morgan fingerprint density at radius 3 is 2.40 bits per heavy atom. The molecule has 0 saturated carbocycles. The lowest BCUT2D eigenvalue weighted by atomic mass is 10.0. The minimum absolute atomic E-state index is 0.158. The molecule has 0 spiro atoms. The van der Waals surface area contributed by atoms with Gasteiger partial charge in [-0.2, -0.15) is 0 Å². The van der Waals surface area contributed by atoms with Crippen LogP contribution in [0.3, 0.4) is 0 Å². The van der Waals surface area contributed by atoms with Crippen LogP contribution in [-0.4, -0.2) is 13.7 Å². The van der Waals surface area contributed by atoms with E-state index in [4.69, 9.17) is 16.3 Å². The Balaban J connectivity index is 2.18. The summed E-state index contributed by atoms with van der Waals surface area (Å²) < 4.78 is 7.13. The molecule has 0 N–H and O–H groups in total. The van der Waals surface area contributed by atoms with E-state index in [1.54, 1.807) is 7.11 Å². The van der Waals surface area contributed by atoms with Crippen molar-refractivity contribution in [1.29, 1.82) is 0 Å². The van der Waals surface area contributed by atoms with Crippen molar-refractivity contribution < 1.29 is 4.74 Å². The fraction of sp³-hybridized carbons (Fsp3) is 0.250. The van der Waals surface area contributed by atoms with E-state index in [-0.39, 0.29) is 5.38 Å². The molecule has 0 aliphatic rings. The first-order valence-electron chi connectivity index (χ1n) is 6.28. The van der Waals surface area contributed by atoms with Crippen molar-refractivity contribution in [1.82, 2.24) is 0 Å². The van der Waals surface area contributed by atoms with Gasteiger partial charge in [-0.3, -0.25) is 0 Å². The molecule has 106 valence electrons. The van der Waals surface area contributed by atoms with Gasteiger partial charge in [0.15, 0.2) is 0 Å². The normalized spacial score (nSPS) is 12.4. The third-order valence-electron chi connectivity index (χ3n) is 3.10. The van der Waals surface area contributed by atoms with Gasteiger partial charge >= 0.3 is 0 Å². The molecule has 20 heavy (non-hydrogen) atoms. The zero-order valence-electron chi connectivity index (χ0n) is 11.1. The van der Waals surface area contributed by atoms with Crippen LogP contribution in [-0.2, 0) is 11.2 Å². The van der Waals surface area contributed by atoms with Crippen LogP contribution in [0.15, 0.2) is 51.4 Å². The van der Waals surface area contributed by atoms with E-state index in [0.717, 1.165) is 33.1 Å². The molecule has 0 aromatic heterocycles. The standard InChI is InChI=1S/C16H15Br2ClO/c1-20-9-8-11-2-4-12(5-3-11)16(19)14-7-6-13(17)10-15(14)18/h2-7,10,16H,8-9H2,1H3. The summed E-state index contributed by atoms with van der Waals surface area (Å²) in [7, 11) is 1.72. The first kappa shape index (κ1) is 16.0. The first-order chi connectivity index (χ1) is 9.61. The number of ether oxygens (including phenoxy) is 1. The number of rotatable bonds is 5. The van der Waals surface area contributed by atoms with Gasteiger partial charge in [0.1, 0.15) is 0 Å². The molecule has 0 aliphatic heterocycles. The number of hydrogen-bond donors (Lipinski definition) is 0.